The number of carboxylic acids is 1. The molecule has 5 N–H and O–H groups in total. The average molecular weight is 565 g/mol. The summed E-state index contributed by atoms with van der Waals surface area (Å²) >= 11 is 6.79. The summed E-state index contributed by atoms with van der Waals surface area (Å²) in [6.45, 7) is 3.52. The number of carbonyl (C=O) groups excluding carboxylic acids is 1. The summed E-state index contributed by atoms with van der Waals surface area (Å²) in [5, 5.41) is 14.9. The van der Waals surface area contributed by atoms with Crippen LogP contribution in [0.15, 0.2) is 54.7 Å². The van der Waals surface area contributed by atoms with E-state index in [4.69, 9.17) is 22.4 Å². The molecule has 0 unspecified atom stereocenters. The minimum absolute atomic E-state index is 0.0658. The van der Waals surface area contributed by atoms with E-state index in [0.717, 1.165) is 29.0 Å². The van der Waals surface area contributed by atoms with Crippen LogP contribution in [0.5, 0.6) is 0 Å². The number of benzene rings is 2. The van der Waals surface area contributed by atoms with Crippen molar-refractivity contribution in [2.75, 3.05) is 16.4 Å². The van der Waals surface area contributed by atoms with Gasteiger partial charge in [-0.3, -0.25) is 4.79 Å². The summed E-state index contributed by atoms with van der Waals surface area (Å²) in [7, 11) is 0. The third kappa shape index (κ3) is 7.88. The lowest BCUT2D eigenvalue weighted by Gasteiger charge is -2.10. The minimum Gasteiger partial charge on any atom is -0.477 e. The zero-order valence-corrected chi connectivity index (χ0v) is 21.4. The van der Waals surface area contributed by atoms with E-state index in [0.29, 0.717) is 33.3 Å². The second kappa shape index (κ2) is 11.9. The molecular weight excluding hydrogens is 545 g/mol. The number of aromatic carboxylic acids is 1. The van der Waals surface area contributed by atoms with Gasteiger partial charge in [0.15, 0.2) is 5.13 Å². The van der Waals surface area contributed by atoms with Crippen LogP contribution in [0.25, 0.3) is 0 Å². The van der Waals surface area contributed by atoms with Crippen LogP contribution in [-0.2, 0) is 6.18 Å². The Morgan fingerprint density at radius 3 is 2.42 bits per heavy atom. The topological polar surface area (TPSA) is 143 Å². The molecule has 2 aromatic carbocycles. The van der Waals surface area contributed by atoms with Crippen molar-refractivity contribution in [3.63, 3.8) is 0 Å². The first kappa shape index (κ1) is 28.3. The van der Waals surface area contributed by atoms with E-state index in [1.54, 1.807) is 25.1 Å². The Balaban J connectivity index is 0.000000215. The van der Waals surface area contributed by atoms with Gasteiger partial charge in [-0.2, -0.15) is 13.2 Å². The number of nitrogens with one attached hydrogen (secondary N) is 2. The van der Waals surface area contributed by atoms with Gasteiger partial charge in [-0.25, -0.2) is 19.7 Å². The van der Waals surface area contributed by atoms with Crippen molar-refractivity contribution in [3.05, 3.63) is 87.3 Å². The van der Waals surface area contributed by atoms with E-state index in [1.807, 2.05) is 6.92 Å². The highest BCUT2D eigenvalue weighted by atomic mass is 35.5. The Kier molecular flexibility index (Phi) is 8.86. The van der Waals surface area contributed by atoms with E-state index in [1.165, 1.54) is 24.4 Å². The molecule has 0 bridgehead atoms. The van der Waals surface area contributed by atoms with Gasteiger partial charge < -0.3 is 21.5 Å². The number of hydrogen-bond donors (Lipinski definition) is 4. The third-order valence-electron chi connectivity index (χ3n) is 4.75. The fraction of sp³-hybridized carbons (Fsp3) is 0.125. The van der Waals surface area contributed by atoms with Gasteiger partial charge in [-0.1, -0.05) is 35.1 Å². The number of halogens is 4. The highest BCUT2D eigenvalue weighted by Crippen LogP contribution is 2.30. The van der Waals surface area contributed by atoms with Crippen LogP contribution < -0.4 is 16.4 Å². The Morgan fingerprint density at radius 1 is 1.08 bits per heavy atom. The van der Waals surface area contributed by atoms with Crippen LogP contribution in [0.4, 0.5) is 35.5 Å². The third-order valence-corrected chi connectivity index (χ3v) is 5.84. The van der Waals surface area contributed by atoms with Gasteiger partial charge in [0.1, 0.15) is 21.7 Å². The molecular formula is C24H20ClF3N6O3S. The molecule has 1 amide bonds. The summed E-state index contributed by atoms with van der Waals surface area (Å²) in [6.07, 6.45) is -3.20. The molecule has 0 saturated heterocycles. The number of alkyl halides is 3. The van der Waals surface area contributed by atoms with E-state index in [9.17, 15) is 22.8 Å². The molecule has 0 spiro atoms. The molecule has 2 aromatic heterocycles. The number of amides is 1. The van der Waals surface area contributed by atoms with Crippen molar-refractivity contribution in [2.24, 2.45) is 0 Å². The van der Waals surface area contributed by atoms with Crippen molar-refractivity contribution in [3.8, 4) is 0 Å². The van der Waals surface area contributed by atoms with Gasteiger partial charge in [-0.05, 0) is 49.7 Å². The molecule has 2 heterocycles. The number of carboxylic acid groups (broad SMARTS) is 1. The second-order valence-corrected chi connectivity index (χ2v) is 9.10. The van der Waals surface area contributed by atoms with E-state index >= 15 is 0 Å². The summed E-state index contributed by atoms with van der Waals surface area (Å²) in [5.41, 5.74) is 6.57. The Labute approximate surface area is 223 Å². The Hall–Kier alpha value is -4.23. The maximum Gasteiger partial charge on any atom is 0.416 e. The lowest BCUT2D eigenvalue weighted by molar-refractivity contribution is -0.137. The van der Waals surface area contributed by atoms with E-state index in [2.05, 4.69) is 25.6 Å². The lowest BCUT2D eigenvalue weighted by Crippen LogP contribution is -2.14. The maximum atomic E-state index is 12.6. The van der Waals surface area contributed by atoms with Crippen molar-refractivity contribution < 1.29 is 27.9 Å². The molecule has 0 atom stereocenters. The molecule has 4 aromatic rings. The van der Waals surface area contributed by atoms with Crippen LogP contribution in [0.1, 0.15) is 37.0 Å². The van der Waals surface area contributed by atoms with Crippen molar-refractivity contribution in [2.45, 2.75) is 20.0 Å². The summed E-state index contributed by atoms with van der Waals surface area (Å²) < 4.78 is 37.8. The molecule has 0 radical (unpaired) electrons. The normalized spacial score (nSPS) is 10.8. The standard InChI is InChI=1S/C15H13F3N2O.C9H7ClN4O2S/c1-9-5-6-12(8-13(9)19)20-14(21)10-3-2-4-11(7-10)15(16,17)18;1-4-12-6(10)2-7(13-4)14-9-11-3-5(17-9)8(15)16/h2-8H,19H2,1H3,(H,20,21);2-3H,1H3,(H,15,16)(H,11,12,13,14). The number of nitrogens with two attached hydrogens (primary N) is 1. The van der Waals surface area contributed by atoms with Crippen LogP contribution in [-0.4, -0.2) is 31.9 Å². The first-order valence-corrected chi connectivity index (χ1v) is 11.8. The molecule has 38 heavy (non-hydrogen) atoms. The van der Waals surface area contributed by atoms with Crippen molar-refractivity contribution in [1.29, 1.82) is 0 Å². The highest BCUT2D eigenvalue weighted by Gasteiger charge is 2.30. The number of aryl methyl sites for hydroxylation is 2. The van der Waals surface area contributed by atoms with Gasteiger partial charge in [0.05, 0.1) is 11.8 Å². The average Bonchev–Trinajstić information content (AvgIpc) is 3.29. The number of thiazole rings is 1. The van der Waals surface area contributed by atoms with Crippen molar-refractivity contribution in [1.82, 2.24) is 15.0 Å². The number of anilines is 4. The van der Waals surface area contributed by atoms with Crippen LogP contribution in [0.2, 0.25) is 5.15 Å². The SMILES string of the molecule is Cc1ccc(NC(=O)c2cccc(C(F)(F)F)c2)cc1N.Cc1nc(Cl)cc(Nc2ncc(C(=O)O)s2)n1. The molecule has 0 fully saturated rings. The van der Waals surface area contributed by atoms with Crippen LogP contribution >= 0.6 is 22.9 Å². The van der Waals surface area contributed by atoms with Gasteiger partial charge >= 0.3 is 12.1 Å². The van der Waals surface area contributed by atoms with E-state index < -0.39 is 23.6 Å². The van der Waals surface area contributed by atoms with Crippen LogP contribution in [0, 0.1) is 13.8 Å². The van der Waals surface area contributed by atoms with Gasteiger partial charge in [-0.15, -0.1) is 0 Å². The van der Waals surface area contributed by atoms with Gasteiger partial charge in [0.25, 0.3) is 5.91 Å². The number of aromatic nitrogens is 3. The fourth-order valence-electron chi connectivity index (χ4n) is 2.89. The maximum absolute atomic E-state index is 12.6. The summed E-state index contributed by atoms with van der Waals surface area (Å²) in [6, 6.07) is 10.7. The van der Waals surface area contributed by atoms with E-state index in [-0.39, 0.29) is 10.4 Å². The number of nitrogens with zero attached hydrogens (tertiary/aromatic N) is 3. The zero-order chi connectivity index (χ0) is 28.0. The monoisotopic (exact) mass is 564 g/mol. The molecule has 0 aliphatic carbocycles. The molecule has 0 aliphatic heterocycles. The predicted octanol–water partition coefficient (Wildman–Crippen LogP) is 6.19. The molecule has 4 rings (SSSR count). The highest BCUT2D eigenvalue weighted by molar-refractivity contribution is 7.17. The molecule has 0 saturated carbocycles. The molecule has 0 aliphatic rings. The fourth-order valence-corrected chi connectivity index (χ4v) is 3.78. The minimum atomic E-state index is -4.48. The number of nitrogen functional groups attached to an aromatic ring is 1. The molecule has 9 nitrogen and oxygen atoms in total. The van der Waals surface area contributed by atoms with Crippen LogP contribution in [0.3, 0.4) is 0 Å². The summed E-state index contributed by atoms with van der Waals surface area (Å²) in [5.74, 6) is -0.624. The first-order chi connectivity index (χ1) is 17.8. The zero-order valence-electron chi connectivity index (χ0n) is 19.8. The predicted molar refractivity (Wildman–Crippen MR) is 139 cm³/mol. The first-order valence-electron chi connectivity index (χ1n) is 10.6. The molecule has 14 heteroatoms. The lowest BCUT2D eigenvalue weighted by atomic mass is 10.1. The number of rotatable bonds is 5. The Bertz CT molecular complexity index is 1460. The number of hydrogen-bond acceptors (Lipinski definition) is 8. The van der Waals surface area contributed by atoms with Gasteiger partial charge in [0, 0.05) is 23.0 Å². The summed E-state index contributed by atoms with van der Waals surface area (Å²) in [4.78, 5) is 34.7. The number of carbonyl (C=O) groups is 2. The molecule has 198 valence electrons. The largest absolute Gasteiger partial charge is 0.477 e. The quantitative estimate of drug-likeness (QED) is 0.166. The second-order valence-electron chi connectivity index (χ2n) is 7.69. The smallest absolute Gasteiger partial charge is 0.416 e. The van der Waals surface area contributed by atoms with Crippen molar-refractivity contribution >= 4 is 57.1 Å². The Morgan fingerprint density at radius 2 is 1.82 bits per heavy atom. The van der Waals surface area contributed by atoms with Gasteiger partial charge in [0.2, 0.25) is 0 Å².